The van der Waals surface area contributed by atoms with Gasteiger partial charge in [-0.05, 0) is 45.2 Å². The second-order valence-electron chi connectivity index (χ2n) is 8.33. The van der Waals surface area contributed by atoms with Gasteiger partial charge in [0.25, 0.3) is 0 Å². The fourth-order valence-corrected chi connectivity index (χ4v) is 3.46. The Morgan fingerprint density at radius 3 is 2.72 bits per heavy atom. The third-order valence-corrected chi connectivity index (χ3v) is 4.82. The lowest BCUT2D eigenvalue weighted by molar-refractivity contribution is 0.0520. The molecule has 152 valence electrons. The standard InChI is InChI=1S/C21H26N6O2/c1-21(2,3)29-20(28)22-13-15-11-12-26(14-15)18-10-9-17-23-24-19(27(17)25-18)16-7-5-4-6-8-16/h4-10,15H,11-14H2,1-3H3,(H,22,28)/t15-/m0/s1. The van der Waals surface area contributed by atoms with Crippen LogP contribution in [0.4, 0.5) is 10.6 Å². The van der Waals surface area contributed by atoms with Gasteiger partial charge in [-0.1, -0.05) is 30.3 Å². The maximum atomic E-state index is 11.9. The number of carbonyl (C=O) groups is 1. The molecule has 0 unspecified atom stereocenters. The highest BCUT2D eigenvalue weighted by Gasteiger charge is 2.25. The van der Waals surface area contributed by atoms with Crippen LogP contribution in [-0.2, 0) is 4.74 Å². The Hall–Kier alpha value is -3.16. The van der Waals surface area contributed by atoms with E-state index in [2.05, 4.69) is 20.4 Å². The van der Waals surface area contributed by atoms with Crippen molar-refractivity contribution in [2.75, 3.05) is 24.5 Å². The zero-order chi connectivity index (χ0) is 20.4. The van der Waals surface area contributed by atoms with Crippen molar-refractivity contribution in [3.63, 3.8) is 0 Å². The normalized spacial score (nSPS) is 16.9. The van der Waals surface area contributed by atoms with Crippen molar-refractivity contribution in [1.82, 2.24) is 25.1 Å². The average Bonchev–Trinajstić information content (AvgIpc) is 3.32. The van der Waals surface area contributed by atoms with Crippen LogP contribution in [0.15, 0.2) is 42.5 Å². The molecule has 0 spiro atoms. The zero-order valence-electron chi connectivity index (χ0n) is 17.0. The summed E-state index contributed by atoms with van der Waals surface area (Å²) in [5, 5.41) is 16.2. The van der Waals surface area contributed by atoms with Crippen molar-refractivity contribution in [2.24, 2.45) is 5.92 Å². The molecule has 4 rings (SSSR count). The number of nitrogens with one attached hydrogen (secondary N) is 1. The third-order valence-electron chi connectivity index (χ3n) is 4.82. The van der Waals surface area contributed by atoms with Gasteiger partial charge in [0.2, 0.25) is 0 Å². The molecule has 1 amide bonds. The number of rotatable bonds is 4. The van der Waals surface area contributed by atoms with Gasteiger partial charge in [0.1, 0.15) is 11.4 Å². The maximum absolute atomic E-state index is 11.9. The predicted molar refractivity (Wildman–Crippen MR) is 111 cm³/mol. The number of hydrogen-bond acceptors (Lipinski definition) is 6. The van der Waals surface area contributed by atoms with Crippen LogP contribution in [0.5, 0.6) is 0 Å². The Morgan fingerprint density at radius 2 is 1.97 bits per heavy atom. The summed E-state index contributed by atoms with van der Waals surface area (Å²) < 4.78 is 7.10. The molecule has 1 aromatic carbocycles. The quantitative estimate of drug-likeness (QED) is 0.732. The SMILES string of the molecule is CC(C)(C)OC(=O)NC[C@@H]1CCN(c2ccc3nnc(-c4ccccc4)n3n2)C1. The van der Waals surface area contributed by atoms with Crippen LogP contribution in [0, 0.1) is 5.92 Å². The first-order valence-electron chi connectivity index (χ1n) is 9.89. The molecule has 1 N–H and O–H groups in total. The van der Waals surface area contributed by atoms with Crippen LogP contribution >= 0.6 is 0 Å². The summed E-state index contributed by atoms with van der Waals surface area (Å²) in [4.78, 5) is 14.1. The molecule has 8 nitrogen and oxygen atoms in total. The van der Waals surface area contributed by atoms with Crippen molar-refractivity contribution in [2.45, 2.75) is 32.8 Å². The highest BCUT2D eigenvalue weighted by atomic mass is 16.6. The summed E-state index contributed by atoms with van der Waals surface area (Å²) in [6, 6.07) is 13.8. The first kappa shape index (κ1) is 19.2. The number of amides is 1. The molecule has 3 heterocycles. The van der Waals surface area contributed by atoms with Gasteiger partial charge in [-0.15, -0.1) is 15.3 Å². The molecular formula is C21H26N6O2. The lowest BCUT2D eigenvalue weighted by Gasteiger charge is -2.21. The monoisotopic (exact) mass is 394 g/mol. The van der Waals surface area contributed by atoms with Crippen molar-refractivity contribution >= 4 is 17.6 Å². The second kappa shape index (κ2) is 7.69. The van der Waals surface area contributed by atoms with E-state index in [1.165, 1.54) is 0 Å². The van der Waals surface area contributed by atoms with E-state index >= 15 is 0 Å². The van der Waals surface area contributed by atoms with Gasteiger partial charge < -0.3 is 15.0 Å². The summed E-state index contributed by atoms with van der Waals surface area (Å²) in [6.45, 7) is 7.90. The maximum Gasteiger partial charge on any atom is 0.407 e. The molecule has 1 fully saturated rings. The fourth-order valence-electron chi connectivity index (χ4n) is 3.46. The predicted octanol–water partition coefficient (Wildman–Crippen LogP) is 3.14. The summed E-state index contributed by atoms with van der Waals surface area (Å²) in [7, 11) is 0. The Labute approximate surface area is 169 Å². The lowest BCUT2D eigenvalue weighted by atomic mass is 10.1. The van der Waals surface area contributed by atoms with E-state index in [9.17, 15) is 4.79 Å². The van der Waals surface area contributed by atoms with Crippen molar-refractivity contribution in [3.8, 4) is 11.4 Å². The van der Waals surface area contributed by atoms with Crippen molar-refractivity contribution in [1.29, 1.82) is 0 Å². The van der Waals surface area contributed by atoms with Crippen LogP contribution in [0.25, 0.3) is 17.0 Å². The Balaban J connectivity index is 1.44. The number of benzene rings is 1. The van der Waals surface area contributed by atoms with Crippen molar-refractivity contribution in [3.05, 3.63) is 42.5 Å². The second-order valence-corrected chi connectivity index (χ2v) is 8.33. The lowest BCUT2D eigenvalue weighted by Crippen LogP contribution is -2.36. The number of carbonyl (C=O) groups excluding carboxylic acids is 1. The first-order chi connectivity index (χ1) is 13.9. The number of fused-ring (bicyclic) bond motifs is 1. The molecule has 0 radical (unpaired) electrons. The topological polar surface area (TPSA) is 84.6 Å². The fraction of sp³-hybridized carbons (Fsp3) is 0.429. The number of ether oxygens (including phenoxy) is 1. The van der Waals surface area contributed by atoms with E-state index in [0.717, 1.165) is 42.4 Å². The molecular weight excluding hydrogens is 368 g/mol. The molecule has 0 bridgehead atoms. The van der Waals surface area contributed by atoms with Gasteiger partial charge in [0.05, 0.1) is 0 Å². The molecule has 2 aromatic heterocycles. The largest absolute Gasteiger partial charge is 0.444 e. The van der Waals surface area contributed by atoms with Gasteiger partial charge in [0.15, 0.2) is 11.5 Å². The van der Waals surface area contributed by atoms with Crippen LogP contribution < -0.4 is 10.2 Å². The number of anilines is 1. The van der Waals surface area contributed by atoms with E-state index in [4.69, 9.17) is 9.84 Å². The average molecular weight is 394 g/mol. The smallest absolute Gasteiger partial charge is 0.407 e. The number of alkyl carbamates (subject to hydrolysis) is 1. The molecule has 1 atom stereocenters. The summed E-state index contributed by atoms with van der Waals surface area (Å²) in [5.74, 6) is 1.97. The highest BCUT2D eigenvalue weighted by Crippen LogP contribution is 2.24. The molecule has 3 aromatic rings. The Kier molecular flexibility index (Phi) is 5.08. The third kappa shape index (κ3) is 4.47. The van der Waals surface area contributed by atoms with Gasteiger partial charge in [-0.3, -0.25) is 0 Å². The zero-order valence-corrected chi connectivity index (χ0v) is 17.0. The van der Waals surface area contributed by atoms with Gasteiger partial charge >= 0.3 is 6.09 Å². The molecule has 1 aliphatic rings. The molecule has 1 saturated heterocycles. The summed E-state index contributed by atoms with van der Waals surface area (Å²) >= 11 is 0. The minimum atomic E-state index is -0.486. The molecule has 0 aliphatic carbocycles. The minimum Gasteiger partial charge on any atom is -0.444 e. The first-order valence-corrected chi connectivity index (χ1v) is 9.89. The molecule has 0 saturated carbocycles. The number of nitrogens with zero attached hydrogens (tertiary/aromatic N) is 5. The van der Waals surface area contributed by atoms with Gasteiger partial charge in [0, 0.05) is 25.2 Å². The molecule has 29 heavy (non-hydrogen) atoms. The highest BCUT2D eigenvalue weighted by molar-refractivity contribution is 5.67. The number of hydrogen-bond donors (Lipinski definition) is 1. The van der Waals surface area contributed by atoms with E-state index < -0.39 is 5.60 Å². The van der Waals surface area contributed by atoms with E-state index in [1.54, 1.807) is 4.52 Å². The van der Waals surface area contributed by atoms with E-state index in [-0.39, 0.29) is 6.09 Å². The Bertz CT molecular complexity index is 995. The number of aromatic nitrogens is 4. The van der Waals surface area contributed by atoms with Crippen LogP contribution in [-0.4, -0.2) is 51.1 Å². The summed E-state index contributed by atoms with van der Waals surface area (Å²) in [5.41, 5.74) is 1.21. The molecule has 1 aliphatic heterocycles. The van der Waals surface area contributed by atoms with Gasteiger partial charge in [-0.2, -0.15) is 4.52 Å². The van der Waals surface area contributed by atoms with Crippen LogP contribution in [0.1, 0.15) is 27.2 Å². The van der Waals surface area contributed by atoms with Crippen molar-refractivity contribution < 1.29 is 9.53 Å². The summed E-state index contributed by atoms with van der Waals surface area (Å²) in [6.07, 6.45) is 0.621. The molecule has 8 heteroatoms. The van der Waals surface area contributed by atoms with Crippen LogP contribution in [0.2, 0.25) is 0 Å². The van der Waals surface area contributed by atoms with E-state index in [1.807, 2.05) is 63.2 Å². The van der Waals surface area contributed by atoms with Gasteiger partial charge in [-0.25, -0.2) is 4.79 Å². The van der Waals surface area contributed by atoms with Crippen LogP contribution in [0.3, 0.4) is 0 Å². The minimum absolute atomic E-state index is 0.356. The van der Waals surface area contributed by atoms with E-state index in [0.29, 0.717) is 12.5 Å². The Morgan fingerprint density at radius 1 is 1.17 bits per heavy atom.